The number of nitrogens with one attached hydrogen (secondary N) is 1. The number of aryl methyl sites for hydroxylation is 1. The molecule has 0 bridgehead atoms. The molecule has 3 aromatic rings. The Morgan fingerprint density at radius 3 is 2.48 bits per heavy atom. The first-order valence-corrected chi connectivity index (χ1v) is 7.45. The van der Waals surface area contributed by atoms with Crippen molar-refractivity contribution in [3.05, 3.63) is 64.0 Å². The van der Waals surface area contributed by atoms with Crippen LogP contribution in [0.25, 0.3) is 11.5 Å². The normalized spacial score (nSPS) is 10.6. The molecule has 0 aliphatic heterocycles. The molecule has 1 N–H and O–H groups in total. The Morgan fingerprint density at radius 2 is 1.83 bits per heavy atom. The van der Waals surface area contributed by atoms with E-state index in [1.807, 2.05) is 0 Å². The van der Waals surface area contributed by atoms with E-state index in [1.54, 1.807) is 49.4 Å². The quantitative estimate of drug-likeness (QED) is 0.751. The van der Waals surface area contributed by atoms with Crippen LogP contribution < -0.4 is 5.32 Å². The van der Waals surface area contributed by atoms with Gasteiger partial charge in [0.05, 0.1) is 10.7 Å². The third-order valence-corrected chi connectivity index (χ3v) is 3.66. The van der Waals surface area contributed by atoms with Gasteiger partial charge in [0.15, 0.2) is 0 Å². The molecule has 0 unspecified atom stereocenters. The molecule has 3 rings (SSSR count). The summed E-state index contributed by atoms with van der Waals surface area (Å²) in [6.45, 7) is 1.72. The standard InChI is InChI=1S/C16H11Cl2N3O2/c1-9-20-21-16(23-9)11-4-2-10(3-5-11)15(22)19-14-8-12(17)6-7-13(14)18/h2-8H,1H3,(H,19,22). The minimum atomic E-state index is -0.289. The Bertz CT molecular complexity index is 860. The van der Waals surface area contributed by atoms with Crippen LogP contribution in [-0.2, 0) is 0 Å². The van der Waals surface area contributed by atoms with Crippen LogP contribution in [0.15, 0.2) is 46.9 Å². The second-order valence-corrected chi connectivity index (χ2v) is 5.63. The lowest BCUT2D eigenvalue weighted by atomic mass is 10.1. The number of hydrogen-bond acceptors (Lipinski definition) is 4. The Labute approximate surface area is 142 Å². The van der Waals surface area contributed by atoms with Crippen LogP contribution in [0.3, 0.4) is 0 Å². The van der Waals surface area contributed by atoms with Crippen molar-refractivity contribution in [3.8, 4) is 11.5 Å². The number of hydrogen-bond donors (Lipinski definition) is 1. The maximum atomic E-state index is 12.3. The highest BCUT2D eigenvalue weighted by Gasteiger charge is 2.11. The maximum Gasteiger partial charge on any atom is 0.255 e. The summed E-state index contributed by atoms with van der Waals surface area (Å²) in [5, 5.41) is 11.3. The van der Waals surface area contributed by atoms with Crippen molar-refractivity contribution in [2.45, 2.75) is 6.92 Å². The highest BCUT2D eigenvalue weighted by molar-refractivity contribution is 6.35. The van der Waals surface area contributed by atoms with Gasteiger partial charge in [-0.25, -0.2) is 0 Å². The molecule has 0 saturated heterocycles. The fourth-order valence-electron chi connectivity index (χ4n) is 1.97. The SMILES string of the molecule is Cc1nnc(-c2ccc(C(=O)Nc3cc(Cl)ccc3Cl)cc2)o1. The number of carbonyl (C=O) groups excluding carboxylic acids is 1. The summed E-state index contributed by atoms with van der Waals surface area (Å²) >= 11 is 11.9. The minimum absolute atomic E-state index is 0.289. The minimum Gasteiger partial charge on any atom is -0.421 e. The number of nitrogens with zero attached hydrogens (tertiary/aromatic N) is 2. The van der Waals surface area contributed by atoms with Crippen molar-refractivity contribution in [2.75, 3.05) is 5.32 Å². The molecule has 0 aliphatic rings. The number of benzene rings is 2. The van der Waals surface area contributed by atoms with Gasteiger partial charge in [0.1, 0.15) is 0 Å². The average molecular weight is 348 g/mol. The van der Waals surface area contributed by atoms with E-state index in [4.69, 9.17) is 27.6 Å². The first kappa shape index (κ1) is 15.5. The zero-order chi connectivity index (χ0) is 16.4. The Kier molecular flexibility index (Phi) is 4.32. The van der Waals surface area contributed by atoms with Crippen molar-refractivity contribution >= 4 is 34.8 Å². The molecular weight excluding hydrogens is 337 g/mol. The fourth-order valence-corrected chi connectivity index (χ4v) is 2.30. The lowest BCUT2D eigenvalue weighted by Gasteiger charge is -2.08. The van der Waals surface area contributed by atoms with Crippen LogP contribution in [0.1, 0.15) is 16.2 Å². The topological polar surface area (TPSA) is 68.0 Å². The van der Waals surface area contributed by atoms with Gasteiger partial charge in [-0.15, -0.1) is 10.2 Å². The molecule has 1 aromatic heterocycles. The first-order valence-electron chi connectivity index (χ1n) is 6.70. The van der Waals surface area contributed by atoms with Gasteiger partial charge in [-0.05, 0) is 42.5 Å². The molecule has 2 aromatic carbocycles. The van der Waals surface area contributed by atoms with Gasteiger partial charge in [-0.1, -0.05) is 23.2 Å². The van der Waals surface area contributed by atoms with Gasteiger partial charge < -0.3 is 9.73 Å². The predicted molar refractivity (Wildman–Crippen MR) is 88.9 cm³/mol. The number of carbonyl (C=O) groups is 1. The largest absolute Gasteiger partial charge is 0.421 e. The van der Waals surface area contributed by atoms with Gasteiger partial charge in [0, 0.05) is 23.1 Å². The second-order valence-electron chi connectivity index (χ2n) is 4.78. The number of halogens is 2. The van der Waals surface area contributed by atoms with E-state index in [2.05, 4.69) is 15.5 Å². The highest BCUT2D eigenvalue weighted by Crippen LogP contribution is 2.26. The summed E-state index contributed by atoms with van der Waals surface area (Å²) in [5.41, 5.74) is 1.67. The predicted octanol–water partition coefficient (Wildman–Crippen LogP) is 4.60. The van der Waals surface area contributed by atoms with Gasteiger partial charge in [-0.2, -0.15) is 0 Å². The van der Waals surface area contributed by atoms with Gasteiger partial charge in [-0.3, -0.25) is 4.79 Å². The van der Waals surface area contributed by atoms with Crippen molar-refractivity contribution in [1.29, 1.82) is 0 Å². The Balaban J connectivity index is 1.79. The van der Waals surface area contributed by atoms with E-state index in [9.17, 15) is 4.79 Å². The molecule has 5 nitrogen and oxygen atoms in total. The molecule has 116 valence electrons. The molecular formula is C16H11Cl2N3O2. The third-order valence-electron chi connectivity index (χ3n) is 3.10. The molecule has 7 heteroatoms. The highest BCUT2D eigenvalue weighted by atomic mass is 35.5. The van der Waals surface area contributed by atoms with Gasteiger partial charge >= 0.3 is 0 Å². The van der Waals surface area contributed by atoms with Crippen molar-refractivity contribution < 1.29 is 9.21 Å². The second kappa shape index (κ2) is 6.40. The van der Waals surface area contributed by atoms with Gasteiger partial charge in [0.25, 0.3) is 5.91 Å². The van der Waals surface area contributed by atoms with E-state index in [0.717, 1.165) is 5.56 Å². The third kappa shape index (κ3) is 3.52. The van der Waals surface area contributed by atoms with E-state index >= 15 is 0 Å². The maximum absolute atomic E-state index is 12.3. The Hall–Kier alpha value is -2.37. The zero-order valence-corrected chi connectivity index (χ0v) is 13.5. The van der Waals surface area contributed by atoms with Crippen molar-refractivity contribution in [1.82, 2.24) is 10.2 Å². The summed E-state index contributed by atoms with van der Waals surface area (Å²) in [5.74, 6) is 0.604. The molecule has 23 heavy (non-hydrogen) atoms. The summed E-state index contributed by atoms with van der Waals surface area (Å²) in [6, 6.07) is 11.7. The van der Waals surface area contributed by atoms with E-state index in [1.165, 1.54) is 0 Å². The average Bonchev–Trinajstić information content (AvgIpc) is 2.97. The number of rotatable bonds is 3. The zero-order valence-electron chi connectivity index (χ0n) is 12.0. The smallest absolute Gasteiger partial charge is 0.255 e. The van der Waals surface area contributed by atoms with Crippen LogP contribution in [0, 0.1) is 6.92 Å². The summed E-state index contributed by atoms with van der Waals surface area (Å²) in [6.07, 6.45) is 0. The monoisotopic (exact) mass is 347 g/mol. The lowest BCUT2D eigenvalue weighted by Crippen LogP contribution is -2.12. The summed E-state index contributed by atoms with van der Waals surface area (Å²) in [4.78, 5) is 12.3. The molecule has 0 radical (unpaired) electrons. The molecule has 0 saturated carbocycles. The van der Waals surface area contributed by atoms with E-state index in [-0.39, 0.29) is 5.91 Å². The molecule has 0 aliphatic carbocycles. The van der Waals surface area contributed by atoms with Crippen LogP contribution in [0.4, 0.5) is 5.69 Å². The van der Waals surface area contributed by atoms with Crippen molar-refractivity contribution in [3.63, 3.8) is 0 Å². The Morgan fingerprint density at radius 1 is 1.09 bits per heavy atom. The number of amides is 1. The molecule has 1 amide bonds. The van der Waals surface area contributed by atoms with Crippen molar-refractivity contribution in [2.24, 2.45) is 0 Å². The fraction of sp³-hybridized carbons (Fsp3) is 0.0625. The first-order chi connectivity index (χ1) is 11.0. The van der Waals surface area contributed by atoms with Crippen LogP contribution in [0.5, 0.6) is 0 Å². The molecule has 1 heterocycles. The van der Waals surface area contributed by atoms with Crippen LogP contribution in [-0.4, -0.2) is 16.1 Å². The summed E-state index contributed by atoms with van der Waals surface area (Å²) in [7, 11) is 0. The van der Waals surface area contributed by atoms with Crippen LogP contribution >= 0.6 is 23.2 Å². The van der Waals surface area contributed by atoms with Gasteiger partial charge in [0.2, 0.25) is 11.8 Å². The molecule has 0 atom stereocenters. The lowest BCUT2D eigenvalue weighted by molar-refractivity contribution is 0.102. The number of aromatic nitrogens is 2. The summed E-state index contributed by atoms with van der Waals surface area (Å²) < 4.78 is 5.34. The molecule has 0 fully saturated rings. The van der Waals surface area contributed by atoms with E-state index in [0.29, 0.717) is 33.1 Å². The van der Waals surface area contributed by atoms with Crippen LogP contribution in [0.2, 0.25) is 10.0 Å². The molecule has 0 spiro atoms. The number of anilines is 1. The van der Waals surface area contributed by atoms with E-state index < -0.39 is 0 Å².